The highest BCUT2D eigenvalue weighted by molar-refractivity contribution is 5.94. The fourth-order valence-corrected chi connectivity index (χ4v) is 6.01. The van der Waals surface area contributed by atoms with Gasteiger partial charge in [0.2, 0.25) is 0 Å². The van der Waals surface area contributed by atoms with Crippen LogP contribution in [0.1, 0.15) is 38.1 Å². The third kappa shape index (κ3) is 4.30. The van der Waals surface area contributed by atoms with Gasteiger partial charge in [0, 0.05) is 50.5 Å². The van der Waals surface area contributed by atoms with Gasteiger partial charge < -0.3 is 14.6 Å². The number of nitrogens with zero attached hydrogens (tertiary/aromatic N) is 8. The van der Waals surface area contributed by atoms with Gasteiger partial charge in [-0.25, -0.2) is 9.78 Å². The number of aromatic nitrogens is 7. The Morgan fingerprint density at radius 2 is 2.05 bits per heavy atom. The Morgan fingerprint density at radius 3 is 2.88 bits per heavy atom. The summed E-state index contributed by atoms with van der Waals surface area (Å²) >= 11 is 0. The van der Waals surface area contributed by atoms with Crippen LogP contribution in [-0.2, 0) is 13.1 Å². The summed E-state index contributed by atoms with van der Waals surface area (Å²) in [6, 6.07) is 8.02. The number of nitrogens with one attached hydrogen (secondary N) is 2. The van der Waals surface area contributed by atoms with Crippen molar-refractivity contribution in [1.82, 2.24) is 44.1 Å². The molecule has 206 valence electrons. The third-order valence-corrected chi connectivity index (χ3v) is 8.21. The number of hydrogen-bond acceptors (Lipinski definition) is 6. The third-order valence-electron chi connectivity index (χ3n) is 8.21. The predicted octanol–water partition coefficient (Wildman–Crippen LogP) is 4.32. The first-order valence-corrected chi connectivity index (χ1v) is 14.0. The Bertz CT molecular complexity index is 1710. The van der Waals surface area contributed by atoms with Crippen LogP contribution >= 0.6 is 0 Å². The Balaban J connectivity index is 1.07. The van der Waals surface area contributed by atoms with Crippen LogP contribution in [0, 0.1) is 12.8 Å². The maximum absolute atomic E-state index is 13.6. The predicted molar refractivity (Wildman–Crippen MR) is 153 cm³/mol. The normalized spacial score (nSPS) is 16.9. The lowest BCUT2D eigenvalue weighted by molar-refractivity contribution is 0.0823. The highest BCUT2D eigenvalue weighted by atomic mass is 16.2. The second-order valence-electron chi connectivity index (χ2n) is 11.6. The van der Waals surface area contributed by atoms with E-state index in [4.69, 9.17) is 4.98 Å². The number of piperazine rings is 1. The molecule has 40 heavy (non-hydrogen) atoms. The summed E-state index contributed by atoms with van der Waals surface area (Å²) in [5.74, 6) is 0.473. The quantitative estimate of drug-likeness (QED) is 0.333. The molecule has 1 aliphatic carbocycles. The van der Waals surface area contributed by atoms with Gasteiger partial charge in [0.1, 0.15) is 11.3 Å². The molecule has 0 atom stereocenters. The number of aromatic amines is 1. The van der Waals surface area contributed by atoms with Crippen molar-refractivity contribution < 1.29 is 4.79 Å². The van der Waals surface area contributed by atoms with E-state index in [-0.39, 0.29) is 11.6 Å². The van der Waals surface area contributed by atoms with E-state index < -0.39 is 0 Å². The van der Waals surface area contributed by atoms with Crippen molar-refractivity contribution in [2.45, 2.75) is 52.2 Å². The van der Waals surface area contributed by atoms with Crippen LogP contribution in [-0.4, -0.2) is 75.4 Å². The molecular weight excluding hydrogens is 504 g/mol. The topological polar surface area (TPSA) is 112 Å². The number of rotatable bonds is 6. The molecule has 2 fully saturated rings. The number of imidazole rings is 1. The molecule has 7 rings (SSSR count). The maximum atomic E-state index is 13.6. The molecule has 2 aliphatic rings. The van der Waals surface area contributed by atoms with Crippen molar-refractivity contribution in [2.75, 3.05) is 25.0 Å². The van der Waals surface area contributed by atoms with Gasteiger partial charge in [-0.15, -0.1) is 0 Å². The lowest BCUT2D eigenvalue weighted by Gasteiger charge is -2.42. The lowest BCUT2D eigenvalue weighted by atomic mass is 10.1. The summed E-state index contributed by atoms with van der Waals surface area (Å²) in [4.78, 5) is 27.5. The summed E-state index contributed by atoms with van der Waals surface area (Å²) in [7, 11) is 0. The summed E-state index contributed by atoms with van der Waals surface area (Å²) < 4.78 is 4.18. The number of anilines is 1. The molecule has 6 heterocycles. The zero-order valence-corrected chi connectivity index (χ0v) is 23.1. The molecule has 0 radical (unpaired) electrons. The Morgan fingerprint density at radius 1 is 1.18 bits per heavy atom. The first kappa shape index (κ1) is 24.8. The van der Waals surface area contributed by atoms with Crippen LogP contribution in [0.15, 0.2) is 49.1 Å². The molecule has 11 nitrogen and oxygen atoms in total. The SMILES string of the molecule is Cc1nc2ccccn2c1CN1CCN(C(=O)Nc2cn[nH]c2-c2cc3c(cn2)cnn3CC(C)C)C2(CC2)C1. The highest BCUT2D eigenvalue weighted by Gasteiger charge is 2.53. The lowest BCUT2D eigenvalue weighted by Crippen LogP contribution is -2.57. The Kier molecular flexibility index (Phi) is 5.85. The van der Waals surface area contributed by atoms with Gasteiger partial charge in [-0.1, -0.05) is 19.9 Å². The molecule has 1 spiro atoms. The van der Waals surface area contributed by atoms with E-state index in [0.29, 0.717) is 23.8 Å². The fourth-order valence-electron chi connectivity index (χ4n) is 6.01. The average molecular weight is 539 g/mol. The summed E-state index contributed by atoms with van der Waals surface area (Å²) in [5.41, 5.74) is 6.18. The number of aryl methyl sites for hydroxylation is 1. The van der Waals surface area contributed by atoms with E-state index in [1.54, 1.807) is 6.20 Å². The monoisotopic (exact) mass is 538 g/mol. The van der Waals surface area contributed by atoms with Crippen LogP contribution in [0.5, 0.6) is 0 Å². The maximum Gasteiger partial charge on any atom is 0.322 e. The Hall–Kier alpha value is -4.25. The van der Waals surface area contributed by atoms with Crippen molar-refractivity contribution >= 4 is 28.3 Å². The van der Waals surface area contributed by atoms with Crippen LogP contribution in [0.2, 0.25) is 0 Å². The zero-order chi connectivity index (χ0) is 27.4. The van der Waals surface area contributed by atoms with Gasteiger partial charge in [0.25, 0.3) is 0 Å². The van der Waals surface area contributed by atoms with Gasteiger partial charge in [-0.3, -0.25) is 19.7 Å². The minimum Gasteiger partial charge on any atom is -0.316 e. The first-order chi connectivity index (χ1) is 19.4. The van der Waals surface area contributed by atoms with E-state index in [9.17, 15) is 4.79 Å². The number of pyridine rings is 2. The number of fused-ring (bicyclic) bond motifs is 2. The molecule has 0 aromatic carbocycles. The molecule has 0 unspecified atom stereocenters. The summed E-state index contributed by atoms with van der Waals surface area (Å²) in [5, 5.41) is 15.9. The number of carbonyl (C=O) groups excluding carboxylic acids is 1. The van der Waals surface area contributed by atoms with E-state index >= 15 is 0 Å². The molecule has 2 amide bonds. The number of hydrogen-bond donors (Lipinski definition) is 2. The van der Waals surface area contributed by atoms with Crippen molar-refractivity contribution in [3.63, 3.8) is 0 Å². The number of carbonyl (C=O) groups is 1. The number of amides is 2. The summed E-state index contributed by atoms with van der Waals surface area (Å²) in [6.45, 7) is 10.4. The fraction of sp³-hybridized carbons (Fsp3) is 0.414. The highest BCUT2D eigenvalue weighted by Crippen LogP contribution is 2.45. The molecule has 1 saturated carbocycles. The molecule has 2 N–H and O–H groups in total. The van der Waals surface area contributed by atoms with Crippen LogP contribution < -0.4 is 5.32 Å². The van der Waals surface area contributed by atoms with Gasteiger partial charge in [-0.05, 0) is 43.9 Å². The van der Waals surface area contributed by atoms with E-state index in [1.165, 1.54) is 5.69 Å². The zero-order valence-electron chi connectivity index (χ0n) is 23.1. The van der Waals surface area contributed by atoms with Gasteiger partial charge in [0.05, 0.1) is 46.2 Å². The number of H-pyrrole nitrogens is 1. The molecule has 5 aromatic heterocycles. The molecule has 0 bridgehead atoms. The molecule has 11 heteroatoms. The second-order valence-corrected chi connectivity index (χ2v) is 11.6. The van der Waals surface area contributed by atoms with E-state index in [0.717, 1.165) is 67.0 Å². The minimum atomic E-state index is -0.124. The molecule has 1 aliphatic heterocycles. The molecule has 1 saturated heterocycles. The minimum absolute atomic E-state index is 0.0864. The smallest absolute Gasteiger partial charge is 0.316 e. The van der Waals surface area contributed by atoms with E-state index in [2.05, 4.69) is 61.9 Å². The number of urea groups is 1. The van der Waals surface area contributed by atoms with Crippen molar-refractivity contribution in [2.24, 2.45) is 5.92 Å². The van der Waals surface area contributed by atoms with Crippen LogP contribution in [0.25, 0.3) is 27.9 Å². The summed E-state index contributed by atoms with van der Waals surface area (Å²) in [6.07, 6.45) is 9.43. The first-order valence-electron chi connectivity index (χ1n) is 14.0. The second kappa shape index (κ2) is 9.44. The molecule has 5 aromatic rings. The van der Waals surface area contributed by atoms with Crippen molar-refractivity contribution in [3.05, 3.63) is 60.4 Å². The largest absolute Gasteiger partial charge is 0.322 e. The Labute approximate surface area is 232 Å². The van der Waals surface area contributed by atoms with Crippen molar-refractivity contribution in [1.29, 1.82) is 0 Å². The van der Waals surface area contributed by atoms with Gasteiger partial charge >= 0.3 is 6.03 Å². The van der Waals surface area contributed by atoms with E-state index in [1.807, 2.05) is 46.2 Å². The molecular formula is C29H34N10O. The standard InChI is InChI=1S/C29H34N10O/c1-19(2)16-39-24-12-22(30-13-21(24)14-32-39)27-23(15-31-35-27)34-28(40)38-11-10-36(18-29(38)7-8-29)17-25-20(3)33-26-6-4-5-9-37(25)26/h4-6,9,12-15,19H,7-8,10-11,16-18H2,1-3H3,(H,31,35)(H,34,40). The average Bonchev–Trinajstić information content (AvgIpc) is 3.23. The van der Waals surface area contributed by atoms with Gasteiger partial charge in [0.15, 0.2) is 0 Å². The van der Waals surface area contributed by atoms with Gasteiger partial charge in [-0.2, -0.15) is 10.2 Å². The van der Waals surface area contributed by atoms with Crippen LogP contribution in [0.4, 0.5) is 10.5 Å². The van der Waals surface area contributed by atoms with Crippen molar-refractivity contribution in [3.8, 4) is 11.4 Å². The van der Waals surface area contributed by atoms with Crippen LogP contribution in [0.3, 0.4) is 0 Å².